The zero-order chi connectivity index (χ0) is 25.3. The molecular weight excluding hydrogens is 446 g/mol. The molecule has 2 heterocycles. The Morgan fingerprint density at radius 1 is 0.971 bits per heavy atom. The third kappa shape index (κ3) is 5.07. The molecule has 1 aliphatic rings. The van der Waals surface area contributed by atoms with Crippen molar-refractivity contribution in [1.29, 1.82) is 0 Å². The SMILES string of the molecule is COC(=O)c1ccc(C2CN(C)CCN2C(=O)c2cccc3c2ccn3C(=O)OC(C)(C)C)cc1. The van der Waals surface area contributed by atoms with Crippen LogP contribution in [-0.4, -0.2) is 71.7 Å². The van der Waals surface area contributed by atoms with Crippen molar-refractivity contribution in [2.24, 2.45) is 0 Å². The fourth-order valence-corrected chi connectivity index (χ4v) is 4.39. The summed E-state index contributed by atoms with van der Waals surface area (Å²) < 4.78 is 11.7. The number of aromatic nitrogens is 1. The number of methoxy groups -OCH3 is 1. The fourth-order valence-electron chi connectivity index (χ4n) is 4.39. The van der Waals surface area contributed by atoms with Gasteiger partial charge in [-0.1, -0.05) is 18.2 Å². The molecule has 0 saturated carbocycles. The summed E-state index contributed by atoms with van der Waals surface area (Å²) in [6.07, 6.45) is 1.16. The van der Waals surface area contributed by atoms with E-state index in [0.29, 0.717) is 35.1 Å². The Balaban J connectivity index is 1.67. The van der Waals surface area contributed by atoms with Crippen LogP contribution in [0.5, 0.6) is 0 Å². The van der Waals surface area contributed by atoms with E-state index in [9.17, 15) is 14.4 Å². The molecule has 1 unspecified atom stereocenters. The lowest BCUT2D eigenvalue weighted by molar-refractivity contribution is 0.0496. The summed E-state index contributed by atoms with van der Waals surface area (Å²) >= 11 is 0. The summed E-state index contributed by atoms with van der Waals surface area (Å²) in [6.45, 7) is 7.42. The second-order valence-corrected chi connectivity index (χ2v) is 9.79. The molecule has 0 radical (unpaired) electrons. The minimum absolute atomic E-state index is 0.104. The highest BCUT2D eigenvalue weighted by Gasteiger charge is 2.32. The Hall–Kier alpha value is -3.65. The molecule has 2 aromatic carbocycles. The Bertz CT molecular complexity index is 1260. The van der Waals surface area contributed by atoms with Crippen LogP contribution in [-0.2, 0) is 9.47 Å². The van der Waals surface area contributed by atoms with Crippen molar-refractivity contribution in [1.82, 2.24) is 14.4 Å². The molecule has 8 nitrogen and oxygen atoms in total. The van der Waals surface area contributed by atoms with Gasteiger partial charge in [0.2, 0.25) is 0 Å². The molecular formula is C27H31N3O5. The molecule has 0 spiro atoms. The van der Waals surface area contributed by atoms with Crippen LogP contribution in [0.2, 0.25) is 0 Å². The first-order chi connectivity index (χ1) is 16.6. The van der Waals surface area contributed by atoms with Gasteiger partial charge >= 0.3 is 12.1 Å². The van der Waals surface area contributed by atoms with Gasteiger partial charge in [-0.25, -0.2) is 9.59 Å². The number of ether oxygens (including phenoxy) is 2. The highest BCUT2D eigenvalue weighted by Crippen LogP contribution is 2.30. The predicted molar refractivity (Wildman–Crippen MR) is 133 cm³/mol. The minimum atomic E-state index is -0.627. The molecule has 1 fully saturated rings. The number of hydrogen-bond donors (Lipinski definition) is 0. The van der Waals surface area contributed by atoms with Gasteiger partial charge in [0, 0.05) is 36.8 Å². The molecule has 3 aromatic rings. The maximum Gasteiger partial charge on any atom is 0.418 e. The van der Waals surface area contributed by atoms with Crippen LogP contribution in [0.3, 0.4) is 0 Å². The average molecular weight is 478 g/mol. The van der Waals surface area contributed by atoms with Gasteiger partial charge in [-0.05, 0) is 63.7 Å². The summed E-state index contributed by atoms with van der Waals surface area (Å²) in [6, 6.07) is 14.2. The molecule has 184 valence electrons. The lowest BCUT2D eigenvalue weighted by Crippen LogP contribution is -2.49. The van der Waals surface area contributed by atoms with E-state index in [0.717, 1.165) is 12.1 Å². The minimum Gasteiger partial charge on any atom is -0.465 e. The summed E-state index contributed by atoms with van der Waals surface area (Å²) in [4.78, 5) is 42.4. The van der Waals surface area contributed by atoms with Crippen molar-refractivity contribution in [3.63, 3.8) is 0 Å². The van der Waals surface area contributed by atoms with E-state index in [1.165, 1.54) is 11.7 Å². The van der Waals surface area contributed by atoms with Crippen molar-refractivity contribution in [3.8, 4) is 0 Å². The summed E-state index contributed by atoms with van der Waals surface area (Å²) in [5, 5.41) is 0.696. The maximum atomic E-state index is 13.8. The smallest absolute Gasteiger partial charge is 0.418 e. The van der Waals surface area contributed by atoms with Gasteiger partial charge in [-0.3, -0.25) is 9.36 Å². The molecule has 0 N–H and O–H groups in total. The van der Waals surface area contributed by atoms with Crippen LogP contribution in [0.25, 0.3) is 10.9 Å². The monoisotopic (exact) mass is 477 g/mol. The van der Waals surface area contributed by atoms with E-state index >= 15 is 0 Å². The fraction of sp³-hybridized carbons (Fsp3) is 0.370. The molecule has 8 heteroatoms. The Morgan fingerprint density at radius 3 is 2.34 bits per heavy atom. The van der Waals surface area contributed by atoms with Crippen LogP contribution in [0, 0.1) is 0 Å². The number of rotatable bonds is 3. The van der Waals surface area contributed by atoms with Crippen molar-refractivity contribution in [3.05, 3.63) is 71.4 Å². The number of amides is 1. The van der Waals surface area contributed by atoms with Crippen molar-refractivity contribution in [2.45, 2.75) is 32.4 Å². The van der Waals surface area contributed by atoms with Gasteiger partial charge in [0.1, 0.15) is 5.60 Å². The number of esters is 1. The third-order valence-electron chi connectivity index (χ3n) is 6.11. The van der Waals surface area contributed by atoms with Crippen LogP contribution in [0.15, 0.2) is 54.7 Å². The Morgan fingerprint density at radius 2 is 1.69 bits per heavy atom. The number of benzene rings is 2. The molecule has 1 amide bonds. The summed E-state index contributed by atoms with van der Waals surface area (Å²) in [5.74, 6) is -0.501. The molecule has 0 aliphatic carbocycles. The van der Waals surface area contributed by atoms with Gasteiger partial charge in [-0.2, -0.15) is 0 Å². The average Bonchev–Trinajstić information content (AvgIpc) is 3.27. The van der Waals surface area contributed by atoms with Gasteiger partial charge in [0.05, 0.1) is 24.2 Å². The van der Waals surface area contributed by atoms with Crippen molar-refractivity contribution < 1.29 is 23.9 Å². The number of nitrogens with zero attached hydrogens (tertiary/aromatic N) is 3. The standard InChI is InChI=1S/C27H31N3O5/c1-27(2,3)35-26(33)30-14-13-20-21(7-6-8-22(20)30)24(31)29-16-15-28(4)17-23(29)18-9-11-19(12-10-18)25(32)34-5/h6-14,23H,15-17H2,1-5H3. The molecule has 4 rings (SSSR count). The zero-order valence-corrected chi connectivity index (χ0v) is 20.8. The number of carbonyl (C=O) groups excluding carboxylic acids is 3. The van der Waals surface area contributed by atoms with Crippen LogP contribution < -0.4 is 0 Å². The first-order valence-corrected chi connectivity index (χ1v) is 11.6. The molecule has 1 atom stereocenters. The maximum absolute atomic E-state index is 13.8. The largest absolute Gasteiger partial charge is 0.465 e. The van der Waals surface area contributed by atoms with Gasteiger partial charge in [0.15, 0.2) is 0 Å². The lowest BCUT2D eigenvalue weighted by Gasteiger charge is -2.40. The normalized spacial score (nSPS) is 16.8. The summed E-state index contributed by atoms with van der Waals surface area (Å²) in [7, 11) is 3.38. The number of carbonyl (C=O) groups is 3. The first-order valence-electron chi connectivity index (χ1n) is 11.6. The molecule has 1 saturated heterocycles. The number of piperazine rings is 1. The zero-order valence-electron chi connectivity index (χ0n) is 20.8. The van der Waals surface area contributed by atoms with E-state index in [2.05, 4.69) is 4.90 Å². The second kappa shape index (κ2) is 9.54. The van der Waals surface area contributed by atoms with E-state index in [1.54, 1.807) is 36.5 Å². The first kappa shape index (κ1) is 24.5. The van der Waals surface area contributed by atoms with Crippen LogP contribution >= 0.6 is 0 Å². The van der Waals surface area contributed by atoms with Crippen molar-refractivity contribution >= 4 is 28.9 Å². The van der Waals surface area contributed by atoms with Crippen LogP contribution in [0.4, 0.5) is 4.79 Å². The van der Waals surface area contributed by atoms with Crippen LogP contribution in [0.1, 0.15) is 53.1 Å². The van der Waals surface area contributed by atoms with E-state index in [4.69, 9.17) is 9.47 Å². The number of likely N-dealkylation sites (N-methyl/N-ethyl adjacent to an activating group) is 1. The van der Waals surface area contributed by atoms with Crippen molar-refractivity contribution in [2.75, 3.05) is 33.8 Å². The van der Waals surface area contributed by atoms with E-state index in [1.807, 2.05) is 50.9 Å². The molecule has 35 heavy (non-hydrogen) atoms. The number of fused-ring (bicyclic) bond motifs is 1. The van der Waals surface area contributed by atoms with Gasteiger partial charge < -0.3 is 19.3 Å². The van der Waals surface area contributed by atoms with Gasteiger partial charge in [-0.15, -0.1) is 0 Å². The second-order valence-electron chi connectivity index (χ2n) is 9.79. The van der Waals surface area contributed by atoms with E-state index < -0.39 is 17.7 Å². The highest BCUT2D eigenvalue weighted by atomic mass is 16.6. The molecule has 0 bridgehead atoms. The Kier molecular flexibility index (Phi) is 6.67. The third-order valence-corrected chi connectivity index (χ3v) is 6.11. The Labute approximate surface area is 205 Å². The van der Waals surface area contributed by atoms with Gasteiger partial charge in [0.25, 0.3) is 5.91 Å². The topological polar surface area (TPSA) is 81.1 Å². The summed E-state index contributed by atoms with van der Waals surface area (Å²) in [5.41, 5.74) is 1.93. The number of hydrogen-bond acceptors (Lipinski definition) is 6. The van der Waals surface area contributed by atoms with E-state index in [-0.39, 0.29) is 11.9 Å². The molecule has 1 aromatic heterocycles. The lowest BCUT2D eigenvalue weighted by atomic mass is 9.99. The predicted octanol–water partition coefficient (Wildman–Crippen LogP) is 4.34. The quantitative estimate of drug-likeness (QED) is 0.522. The highest BCUT2D eigenvalue weighted by molar-refractivity contribution is 6.08. The molecule has 1 aliphatic heterocycles.